The van der Waals surface area contributed by atoms with Crippen LogP contribution in [-0.2, 0) is 17.9 Å². The summed E-state index contributed by atoms with van der Waals surface area (Å²) < 4.78 is 5.15. The first kappa shape index (κ1) is 17.0. The van der Waals surface area contributed by atoms with Gasteiger partial charge in [0.15, 0.2) is 0 Å². The molecule has 2 N–H and O–H groups in total. The third kappa shape index (κ3) is 5.39. The Bertz CT molecular complexity index is 624. The van der Waals surface area contributed by atoms with Gasteiger partial charge in [0.25, 0.3) is 5.91 Å². The number of nitrogens with one attached hydrogen (secondary N) is 1. The highest BCUT2D eigenvalue weighted by atomic mass is 16.5. The number of aryl methyl sites for hydroxylation is 1. The molecule has 122 valence electrons. The van der Waals surface area contributed by atoms with Crippen molar-refractivity contribution in [2.45, 2.75) is 20.0 Å². The Hall–Kier alpha value is -2.37. The van der Waals surface area contributed by atoms with E-state index in [0.717, 1.165) is 16.9 Å². The van der Waals surface area contributed by atoms with Gasteiger partial charge in [0.1, 0.15) is 5.75 Å². The van der Waals surface area contributed by atoms with Crippen molar-refractivity contribution >= 4 is 5.91 Å². The minimum absolute atomic E-state index is 0.121. The average molecular weight is 314 g/mol. The predicted molar refractivity (Wildman–Crippen MR) is 88.2 cm³/mol. The standard InChI is InChI=1S/C18H22N2O3/c1-14-3-5-15(6-4-14)11-20(13-18(21)19-22)12-16-7-9-17(23-2)10-8-16/h3-10,22H,11-13H2,1-2H3,(H,19,21). The number of carbonyl (C=O) groups is 1. The third-order valence-electron chi connectivity index (χ3n) is 3.58. The average Bonchev–Trinajstić information content (AvgIpc) is 2.57. The molecule has 0 aliphatic heterocycles. The van der Waals surface area contributed by atoms with Crippen molar-refractivity contribution in [1.82, 2.24) is 10.4 Å². The van der Waals surface area contributed by atoms with Gasteiger partial charge in [-0.2, -0.15) is 0 Å². The molecule has 0 aliphatic rings. The summed E-state index contributed by atoms with van der Waals surface area (Å²) in [5.41, 5.74) is 5.08. The molecule has 0 radical (unpaired) electrons. The van der Waals surface area contributed by atoms with Crippen LogP contribution in [-0.4, -0.2) is 29.7 Å². The fourth-order valence-corrected chi connectivity index (χ4v) is 2.35. The van der Waals surface area contributed by atoms with Crippen LogP contribution in [0.15, 0.2) is 48.5 Å². The number of methoxy groups -OCH3 is 1. The van der Waals surface area contributed by atoms with E-state index in [-0.39, 0.29) is 6.54 Å². The second-order valence-electron chi connectivity index (χ2n) is 5.51. The van der Waals surface area contributed by atoms with Crippen molar-refractivity contribution < 1.29 is 14.7 Å². The monoisotopic (exact) mass is 314 g/mol. The Morgan fingerprint density at radius 1 is 1.04 bits per heavy atom. The zero-order chi connectivity index (χ0) is 16.7. The molecule has 1 amide bonds. The van der Waals surface area contributed by atoms with Gasteiger partial charge < -0.3 is 4.74 Å². The highest BCUT2D eigenvalue weighted by Crippen LogP contribution is 2.15. The van der Waals surface area contributed by atoms with Crippen molar-refractivity contribution in [3.05, 3.63) is 65.2 Å². The van der Waals surface area contributed by atoms with E-state index >= 15 is 0 Å². The molecule has 5 heteroatoms. The number of nitrogens with zero attached hydrogens (tertiary/aromatic N) is 1. The van der Waals surface area contributed by atoms with Crippen LogP contribution < -0.4 is 10.2 Å². The summed E-state index contributed by atoms with van der Waals surface area (Å²) >= 11 is 0. The lowest BCUT2D eigenvalue weighted by Gasteiger charge is -2.21. The smallest absolute Gasteiger partial charge is 0.257 e. The molecule has 2 rings (SSSR count). The van der Waals surface area contributed by atoms with Crippen LogP contribution in [0.1, 0.15) is 16.7 Å². The summed E-state index contributed by atoms with van der Waals surface area (Å²) in [5, 5.41) is 8.78. The van der Waals surface area contributed by atoms with E-state index in [9.17, 15) is 4.79 Å². The minimum atomic E-state index is -0.425. The molecule has 0 atom stereocenters. The zero-order valence-corrected chi connectivity index (χ0v) is 13.5. The van der Waals surface area contributed by atoms with Gasteiger partial charge in [-0.25, -0.2) is 5.48 Å². The van der Waals surface area contributed by atoms with Crippen LogP contribution >= 0.6 is 0 Å². The highest BCUT2D eigenvalue weighted by Gasteiger charge is 2.12. The number of carbonyl (C=O) groups excluding carboxylic acids is 1. The van der Waals surface area contributed by atoms with Crippen LogP contribution in [0.25, 0.3) is 0 Å². The Morgan fingerprint density at radius 2 is 1.57 bits per heavy atom. The van der Waals surface area contributed by atoms with Gasteiger partial charge in [-0.1, -0.05) is 42.0 Å². The molecule has 0 spiro atoms. The molecule has 0 heterocycles. The van der Waals surface area contributed by atoms with Crippen molar-refractivity contribution in [3.63, 3.8) is 0 Å². The lowest BCUT2D eigenvalue weighted by atomic mass is 10.1. The predicted octanol–water partition coefficient (Wildman–Crippen LogP) is 2.51. The molecule has 0 saturated carbocycles. The van der Waals surface area contributed by atoms with E-state index in [1.54, 1.807) is 12.6 Å². The van der Waals surface area contributed by atoms with Gasteiger partial charge in [0.2, 0.25) is 0 Å². The molecule has 5 nitrogen and oxygen atoms in total. The maximum absolute atomic E-state index is 11.5. The van der Waals surface area contributed by atoms with E-state index in [1.807, 2.05) is 60.4 Å². The Balaban J connectivity index is 2.09. The van der Waals surface area contributed by atoms with Crippen molar-refractivity contribution in [2.75, 3.05) is 13.7 Å². The first-order valence-corrected chi connectivity index (χ1v) is 7.44. The van der Waals surface area contributed by atoms with Gasteiger partial charge in [-0.3, -0.25) is 14.9 Å². The topological polar surface area (TPSA) is 61.8 Å². The van der Waals surface area contributed by atoms with Crippen LogP contribution in [0.2, 0.25) is 0 Å². The third-order valence-corrected chi connectivity index (χ3v) is 3.58. The number of amides is 1. The van der Waals surface area contributed by atoms with Crippen molar-refractivity contribution in [3.8, 4) is 5.75 Å². The summed E-state index contributed by atoms with van der Waals surface area (Å²) in [7, 11) is 1.63. The first-order chi connectivity index (χ1) is 11.1. The van der Waals surface area contributed by atoms with Crippen molar-refractivity contribution in [1.29, 1.82) is 0 Å². The molecule has 2 aromatic rings. The minimum Gasteiger partial charge on any atom is -0.497 e. The van der Waals surface area contributed by atoms with Gasteiger partial charge in [0.05, 0.1) is 13.7 Å². The number of hydroxylamine groups is 1. The zero-order valence-electron chi connectivity index (χ0n) is 13.5. The second kappa shape index (κ2) is 8.31. The van der Waals surface area contributed by atoms with Crippen LogP contribution in [0, 0.1) is 6.92 Å². The number of rotatable bonds is 7. The van der Waals surface area contributed by atoms with Crippen molar-refractivity contribution in [2.24, 2.45) is 0 Å². The van der Waals surface area contributed by atoms with Gasteiger partial charge >= 0.3 is 0 Å². The maximum atomic E-state index is 11.5. The molecule has 0 bridgehead atoms. The largest absolute Gasteiger partial charge is 0.497 e. The molecule has 2 aromatic carbocycles. The van der Waals surface area contributed by atoms with E-state index in [4.69, 9.17) is 9.94 Å². The SMILES string of the molecule is COc1ccc(CN(CC(=O)NO)Cc2ccc(C)cc2)cc1. The van der Waals surface area contributed by atoms with E-state index < -0.39 is 5.91 Å². The summed E-state index contributed by atoms with van der Waals surface area (Å²) in [6, 6.07) is 15.9. The second-order valence-corrected chi connectivity index (χ2v) is 5.51. The first-order valence-electron chi connectivity index (χ1n) is 7.44. The normalized spacial score (nSPS) is 10.6. The van der Waals surface area contributed by atoms with Gasteiger partial charge in [-0.05, 0) is 30.2 Å². The lowest BCUT2D eigenvalue weighted by molar-refractivity contribution is -0.130. The van der Waals surface area contributed by atoms with Crippen LogP contribution in [0.5, 0.6) is 5.75 Å². The molecule has 23 heavy (non-hydrogen) atoms. The summed E-state index contributed by atoms with van der Waals surface area (Å²) in [6.07, 6.45) is 0. The van der Waals surface area contributed by atoms with Crippen LogP contribution in [0.3, 0.4) is 0 Å². The van der Waals surface area contributed by atoms with Gasteiger partial charge in [0, 0.05) is 13.1 Å². The summed E-state index contributed by atoms with van der Waals surface area (Å²) in [5.74, 6) is 0.373. The Kier molecular flexibility index (Phi) is 6.14. The Labute approximate surface area is 136 Å². The fourth-order valence-electron chi connectivity index (χ4n) is 2.35. The molecular formula is C18H22N2O3. The number of hydrogen-bond acceptors (Lipinski definition) is 4. The number of ether oxygens (including phenoxy) is 1. The maximum Gasteiger partial charge on any atom is 0.257 e. The van der Waals surface area contributed by atoms with Gasteiger partial charge in [-0.15, -0.1) is 0 Å². The molecule has 0 aromatic heterocycles. The molecule has 0 aliphatic carbocycles. The summed E-state index contributed by atoms with van der Waals surface area (Å²) in [6.45, 7) is 3.39. The fraction of sp³-hybridized carbons (Fsp3) is 0.278. The molecule has 0 fully saturated rings. The van der Waals surface area contributed by atoms with E-state index in [2.05, 4.69) is 0 Å². The molecule has 0 saturated heterocycles. The van der Waals surface area contributed by atoms with E-state index in [1.165, 1.54) is 5.56 Å². The molecule has 0 unspecified atom stereocenters. The number of hydrogen-bond donors (Lipinski definition) is 2. The number of benzene rings is 2. The quantitative estimate of drug-likeness (QED) is 0.609. The highest BCUT2D eigenvalue weighted by molar-refractivity contribution is 5.76. The lowest BCUT2D eigenvalue weighted by Crippen LogP contribution is -2.35. The van der Waals surface area contributed by atoms with Crippen LogP contribution in [0.4, 0.5) is 0 Å². The summed E-state index contributed by atoms with van der Waals surface area (Å²) in [4.78, 5) is 13.5. The Morgan fingerprint density at radius 3 is 2.04 bits per heavy atom. The van der Waals surface area contributed by atoms with E-state index in [0.29, 0.717) is 13.1 Å². The molecular weight excluding hydrogens is 292 g/mol.